The lowest BCUT2D eigenvalue weighted by Gasteiger charge is -2.47. The molecule has 1 amide bonds. The van der Waals surface area contributed by atoms with Gasteiger partial charge in [0.05, 0.1) is 24.3 Å². The zero-order valence-electron chi connectivity index (χ0n) is 19.7. The molecule has 0 radical (unpaired) electrons. The molecular formula is C24H34N4O6. The highest BCUT2D eigenvalue weighted by atomic mass is 16.5. The van der Waals surface area contributed by atoms with E-state index in [4.69, 9.17) is 24.5 Å². The molecule has 4 rings (SSSR count). The van der Waals surface area contributed by atoms with E-state index in [0.29, 0.717) is 31.2 Å². The highest BCUT2D eigenvalue weighted by molar-refractivity contribution is 6.00. The van der Waals surface area contributed by atoms with Crippen molar-refractivity contribution >= 4 is 18.9 Å². The number of hydrogen-bond acceptors (Lipinski definition) is 6. The zero-order chi connectivity index (χ0) is 25.0. The van der Waals surface area contributed by atoms with Crippen LogP contribution >= 0.6 is 0 Å². The average Bonchev–Trinajstić information content (AvgIpc) is 3.36. The number of aromatic amines is 1. The van der Waals surface area contributed by atoms with Crippen LogP contribution in [0.15, 0.2) is 36.7 Å². The summed E-state index contributed by atoms with van der Waals surface area (Å²) in [4.78, 5) is 42.0. The van der Waals surface area contributed by atoms with Crippen LogP contribution in [-0.2, 0) is 14.3 Å². The third kappa shape index (κ3) is 7.39. The Hall–Kier alpha value is -3.24. The summed E-state index contributed by atoms with van der Waals surface area (Å²) < 4.78 is 6.24. The van der Waals surface area contributed by atoms with E-state index in [1.807, 2.05) is 29.2 Å². The van der Waals surface area contributed by atoms with Crippen LogP contribution in [0, 0.1) is 5.92 Å². The van der Waals surface area contributed by atoms with Crippen molar-refractivity contribution in [2.45, 2.75) is 32.3 Å². The Morgan fingerprint density at radius 1 is 1.18 bits per heavy atom. The minimum absolute atomic E-state index is 0.0688. The number of nitrogens with one attached hydrogen (secondary N) is 1. The highest BCUT2D eigenvalue weighted by Crippen LogP contribution is 2.32. The molecule has 0 bridgehead atoms. The molecule has 186 valence electrons. The fourth-order valence-corrected chi connectivity index (χ4v) is 4.44. The number of morpholine rings is 1. The molecule has 0 unspecified atom stereocenters. The molecule has 10 heteroatoms. The van der Waals surface area contributed by atoms with E-state index in [0.717, 1.165) is 43.9 Å². The summed E-state index contributed by atoms with van der Waals surface area (Å²) in [5.74, 6) is 1.48. The Kier molecular flexibility index (Phi) is 10.7. The fourth-order valence-electron chi connectivity index (χ4n) is 4.44. The number of piperidine rings is 1. The SMILES string of the molecule is CC(C)CN1CCC2(CC1)CN(C(=O)c1ccccc1-c1ncc[nH]1)CCO2.O=CO.O=CO. The van der Waals surface area contributed by atoms with Gasteiger partial charge in [0.15, 0.2) is 0 Å². The van der Waals surface area contributed by atoms with E-state index < -0.39 is 0 Å². The standard InChI is InChI=1S/C22H30N4O2.2CH2O2/c1-17(2)15-25-11-7-22(8-12-25)16-26(13-14-28-22)21(27)19-6-4-3-5-18(19)20-23-9-10-24-20;2*2-1-3/h3-6,9-10,17H,7-8,11-16H2,1-2H3,(H,23,24);2*1H,(H,2,3). The van der Waals surface area contributed by atoms with Crippen molar-refractivity contribution in [1.82, 2.24) is 19.8 Å². The van der Waals surface area contributed by atoms with Gasteiger partial charge >= 0.3 is 0 Å². The number of imidazole rings is 1. The Bertz CT molecular complexity index is 889. The van der Waals surface area contributed by atoms with Gasteiger partial charge in [-0.1, -0.05) is 32.0 Å². The van der Waals surface area contributed by atoms with Gasteiger partial charge in [0.1, 0.15) is 5.82 Å². The van der Waals surface area contributed by atoms with E-state index in [1.165, 1.54) is 0 Å². The first-order valence-corrected chi connectivity index (χ1v) is 11.3. The van der Waals surface area contributed by atoms with E-state index in [1.54, 1.807) is 12.4 Å². The first kappa shape index (κ1) is 27.0. The van der Waals surface area contributed by atoms with Crippen LogP contribution in [0.25, 0.3) is 11.4 Å². The molecule has 2 fully saturated rings. The van der Waals surface area contributed by atoms with Crippen LogP contribution in [0.4, 0.5) is 0 Å². The first-order valence-electron chi connectivity index (χ1n) is 11.3. The zero-order valence-corrected chi connectivity index (χ0v) is 19.7. The Balaban J connectivity index is 0.000000618. The molecule has 0 atom stereocenters. The van der Waals surface area contributed by atoms with Crippen molar-refractivity contribution < 1.29 is 29.3 Å². The summed E-state index contributed by atoms with van der Waals surface area (Å²) in [5.41, 5.74) is 1.36. The van der Waals surface area contributed by atoms with E-state index in [9.17, 15) is 4.79 Å². The summed E-state index contributed by atoms with van der Waals surface area (Å²) in [6.45, 7) is 9.17. The second-order valence-corrected chi connectivity index (χ2v) is 8.65. The third-order valence-corrected chi connectivity index (χ3v) is 5.84. The van der Waals surface area contributed by atoms with Gasteiger partial charge in [-0.15, -0.1) is 0 Å². The summed E-state index contributed by atoms with van der Waals surface area (Å²) in [7, 11) is 0. The predicted octanol–water partition coefficient (Wildman–Crippen LogP) is 2.44. The van der Waals surface area contributed by atoms with Crippen LogP contribution in [-0.4, -0.2) is 93.8 Å². The summed E-state index contributed by atoms with van der Waals surface area (Å²) in [6.07, 6.45) is 5.48. The van der Waals surface area contributed by atoms with Crippen molar-refractivity contribution in [2.24, 2.45) is 5.92 Å². The summed E-state index contributed by atoms with van der Waals surface area (Å²) >= 11 is 0. The first-order chi connectivity index (χ1) is 16.4. The van der Waals surface area contributed by atoms with E-state index >= 15 is 0 Å². The van der Waals surface area contributed by atoms with Crippen LogP contribution in [0.2, 0.25) is 0 Å². The van der Waals surface area contributed by atoms with Crippen LogP contribution in [0.1, 0.15) is 37.0 Å². The quantitative estimate of drug-likeness (QED) is 0.575. The van der Waals surface area contributed by atoms with Crippen molar-refractivity contribution in [1.29, 1.82) is 0 Å². The van der Waals surface area contributed by atoms with Gasteiger partial charge in [0, 0.05) is 44.1 Å². The van der Waals surface area contributed by atoms with Gasteiger partial charge < -0.3 is 29.7 Å². The number of aromatic nitrogens is 2. The number of hydrogen-bond donors (Lipinski definition) is 3. The maximum Gasteiger partial charge on any atom is 0.290 e. The minimum atomic E-state index is -0.250. The van der Waals surface area contributed by atoms with Gasteiger partial charge in [-0.3, -0.25) is 14.4 Å². The molecule has 2 saturated heterocycles. The molecule has 1 spiro atoms. The lowest BCUT2D eigenvalue weighted by Crippen LogP contribution is -2.58. The number of rotatable bonds is 4. The van der Waals surface area contributed by atoms with Crippen molar-refractivity contribution in [3.05, 3.63) is 42.2 Å². The molecule has 1 aromatic carbocycles. The van der Waals surface area contributed by atoms with Crippen molar-refractivity contribution in [2.75, 3.05) is 39.3 Å². The maximum atomic E-state index is 13.4. The van der Waals surface area contributed by atoms with Gasteiger partial charge in [-0.2, -0.15) is 0 Å². The molecule has 2 aliphatic rings. The molecular weight excluding hydrogens is 440 g/mol. The number of carboxylic acid groups (broad SMARTS) is 2. The predicted molar refractivity (Wildman–Crippen MR) is 127 cm³/mol. The topological polar surface area (TPSA) is 136 Å². The number of carbonyl (C=O) groups is 3. The molecule has 1 aromatic heterocycles. The molecule has 3 N–H and O–H groups in total. The maximum absolute atomic E-state index is 13.4. The third-order valence-electron chi connectivity index (χ3n) is 5.84. The van der Waals surface area contributed by atoms with Gasteiger partial charge in [-0.05, 0) is 24.8 Å². The lowest BCUT2D eigenvalue weighted by atomic mass is 9.88. The van der Waals surface area contributed by atoms with Crippen molar-refractivity contribution in [3.63, 3.8) is 0 Å². The van der Waals surface area contributed by atoms with Gasteiger partial charge in [-0.25, -0.2) is 4.98 Å². The summed E-state index contributed by atoms with van der Waals surface area (Å²) in [5, 5.41) is 13.8. The molecule has 10 nitrogen and oxygen atoms in total. The van der Waals surface area contributed by atoms with Crippen LogP contribution < -0.4 is 0 Å². The number of ether oxygens (including phenoxy) is 1. The molecule has 3 heterocycles. The number of H-pyrrole nitrogens is 1. The highest BCUT2D eigenvalue weighted by Gasteiger charge is 2.41. The number of amides is 1. The van der Waals surface area contributed by atoms with E-state index in [2.05, 4.69) is 28.7 Å². The Labute approximate surface area is 199 Å². The number of nitrogens with zero attached hydrogens (tertiary/aromatic N) is 3. The second-order valence-electron chi connectivity index (χ2n) is 8.65. The number of benzene rings is 1. The van der Waals surface area contributed by atoms with Gasteiger partial charge in [0.25, 0.3) is 18.9 Å². The normalized spacial score (nSPS) is 17.2. The second kappa shape index (κ2) is 13.5. The van der Waals surface area contributed by atoms with Crippen LogP contribution in [0.3, 0.4) is 0 Å². The minimum Gasteiger partial charge on any atom is -0.483 e. The Morgan fingerprint density at radius 2 is 1.82 bits per heavy atom. The van der Waals surface area contributed by atoms with E-state index in [-0.39, 0.29) is 24.5 Å². The lowest BCUT2D eigenvalue weighted by molar-refractivity contribution is -0.127. The summed E-state index contributed by atoms with van der Waals surface area (Å²) in [6, 6.07) is 7.71. The van der Waals surface area contributed by atoms with Gasteiger partial charge in [0.2, 0.25) is 0 Å². The molecule has 2 aromatic rings. The fraction of sp³-hybridized carbons (Fsp3) is 0.500. The largest absolute Gasteiger partial charge is 0.483 e. The molecule has 0 saturated carbocycles. The molecule has 0 aliphatic carbocycles. The number of likely N-dealkylation sites (tertiary alicyclic amines) is 1. The smallest absolute Gasteiger partial charge is 0.290 e. The van der Waals surface area contributed by atoms with Crippen LogP contribution in [0.5, 0.6) is 0 Å². The van der Waals surface area contributed by atoms with Crippen molar-refractivity contribution in [3.8, 4) is 11.4 Å². The average molecular weight is 475 g/mol. The monoisotopic (exact) mass is 474 g/mol. The number of carbonyl (C=O) groups excluding carboxylic acids is 1. The molecule has 34 heavy (non-hydrogen) atoms. The molecule has 2 aliphatic heterocycles. The Morgan fingerprint density at radius 3 is 2.41 bits per heavy atom.